The van der Waals surface area contributed by atoms with Crippen LogP contribution in [0.3, 0.4) is 0 Å². The highest BCUT2D eigenvalue weighted by molar-refractivity contribution is 8.02. The van der Waals surface area contributed by atoms with E-state index in [4.69, 9.17) is 0 Å². The van der Waals surface area contributed by atoms with Crippen LogP contribution in [0.25, 0.3) is 0 Å². The van der Waals surface area contributed by atoms with E-state index in [9.17, 15) is 18.3 Å². The molecule has 1 unspecified atom stereocenters. The molecule has 2 fully saturated rings. The summed E-state index contributed by atoms with van der Waals surface area (Å²) in [7, 11) is -2.88. The highest BCUT2D eigenvalue weighted by Gasteiger charge is 2.30. The Labute approximate surface area is 124 Å². The number of amides is 1. The predicted octanol–water partition coefficient (Wildman–Crippen LogP) is 0.718. The summed E-state index contributed by atoms with van der Waals surface area (Å²) in [5, 5.41) is 13.1. The second-order valence-electron chi connectivity index (χ2n) is 5.90. The zero-order valence-corrected chi connectivity index (χ0v) is 13.3. The zero-order chi connectivity index (χ0) is 14.6. The van der Waals surface area contributed by atoms with Crippen LogP contribution in [0.2, 0.25) is 0 Å². The lowest BCUT2D eigenvalue weighted by Gasteiger charge is -2.32. The molecule has 0 spiro atoms. The molecule has 2 aliphatic rings. The van der Waals surface area contributed by atoms with Crippen molar-refractivity contribution in [3.05, 3.63) is 0 Å². The first kappa shape index (κ1) is 16.1. The molecule has 5 nitrogen and oxygen atoms in total. The van der Waals surface area contributed by atoms with Gasteiger partial charge in [-0.05, 0) is 19.3 Å². The van der Waals surface area contributed by atoms with Gasteiger partial charge in [-0.15, -0.1) is 11.8 Å². The van der Waals surface area contributed by atoms with E-state index in [-0.39, 0.29) is 28.4 Å². The van der Waals surface area contributed by atoms with Crippen molar-refractivity contribution in [2.24, 2.45) is 0 Å². The number of sulfone groups is 1. The fraction of sp³-hybridized carbons (Fsp3) is 0.923. The van der Waals surface area contributed by atoms with Crippen molar-refractivity contribution in [2.45, 2.75) is 49.4 Å². The number of carbonyl (C=O) groups excluding carboxylic acids is 1. The largest absolute Gasteiger partial charge is 0.388 e. The van der Waals surface area contributed by atoms with E-state index >= 15 is 0 Å². The Kier molecular flexibility index (Phi) is 5.36. The first-order chi connectivity index (χ1) is 9.39. The van der Waals surface area contributed by atoms with Crippen LogP contribution in [-0.2, 0) is 14.6 Å². The van der Waals surface area contributed by atoms with Gasteiger partial charge in [-0.25, -0.2) is 8.42 Å². The van der Waals surface area contributed by atoms with Crippen LogP contribution >= 0.6 is 11.8 Å². The first-order valence-electron chi connectivity index (χ1n) is 7.20. The Morgan fingerprint density at radius 1 is 1.30 bits per heavy atom. The highest BCUT2D eigenvalue weighted by Crippen LogP contribution is 2.27. The number of aliphatic hydroxyl groups is 1. The molecule has 1 saturated carbocycles. The maximum absolute atomic E-state index is 11.8. The van der Waals surface area contributed by atoms with E-state index < -0.39 is 15.4 Å². The Hall–Kier alpha value is -0.270. The van der Waals surface area contributed by atoms with Gasteiger partial charge in [-0.2, -0.15) is 0 Å². The summed E-state index contributed by atoms with van der Waals surface area (Å²) in [6, 6.07) is 0. The molecule has 1 aliphatic carbocycles. The number of hydrogen-bond acceptors (Lipinski definition) is 5. The first-order valence-corrected chi connectivity index (χ1v) is 10.1. The quantitative estimate of drug-likeness (QED) is 0.779. The third-order valence-corrected chi connectivity index (χ3v) is 7.32. The molecule has 0 aromatic rings. The number of carbonyl (C=O) groups is 1. The van der Waals surface area contributed by atoms with E-state index in [1.54, 1.807) is 0 Å². The van der Waals surface area contributed by atoms with Gasteiger partial charge in [0, 0.05) is 11.8 Å². The Morgan fingerprint density at radius 3 is 2.60 bits per heavy atom. The predicted molar refractivity (Wildman–Crippen MR) is 80.6 cm³/mol. The molecule has 7 heteroatoms. The third kappa shape index (κ3) is 4.93. The van der Waals surface area contributed by atoms with Gasteiger partial charge in [0.15, 0.2) is 9.84 Å². The van der Waals surface area contributed by atoms with Crippen molar-refractivity contribution in [3.63, 3.8) is 0 Å². The molecular weight excluding hydrogens is 298 g/mol. The summed E-state index contributed by atoms with van der Waals surface area (Å²) in [4.78, 5) is 11.8. The van der Waals surface area contributed by atoms with Crippen molar-refractivity contribution in [1.29, 1.82) is 0 Å². The summed E-state index contributed by atoms with van der Waals surface area (Å²) in [5.74, 6) is 0.593. The lowest BCUT2D eigenvalue weighted by atomic mass is 9.85. The van der Waals surface area contributed by atoms with Crippen LogP contribution in [-0.4, -0.2) is 54.1 Å². The molecule has 1 amide bonds. The number of rotatable bonds is 5. The smallest absolute Gasteiger partial charge is 0.230 e. The summed E-state index contributed by atoms with van der Waals surface area (Å²) in [6.45, 7) is 0.315. The summed E-state index contributed by atoms with van der Waals surface area (Å²) < 4.78 is 22.6. The molecule has 0 radical (unpaired) electrons. The lowest BCUT2D eigenvalue weighted by Crippen LogP contribution is -2.44. The molecule has 2 N–H and O–H groups in total. The van der Waals surface area contributed by atoms with E-state index in [0.29, 0.717) is 13.0 Å². The van der Waals surface area contributed by atoms with E-state index in [1.165, 1.54) is 11.8 Å². The van der Waals surface area contributed by atoms with Gasteiger partial charge < -0.3 is 10.4 Å². The molecule has 0 aromatic heterocycles. The minimum atomic E-state index is -2.88. The van der Waals surface area contributed by atoms with Gasteiger partial charge in [-0.1, -0.05) is 19.3 Å². The van der Waals surface area contributed by atoms with Crippen molar-refractivity contribution in [2.75, 3.05) is 23.8 Å². The van der Waals surface area contributed by atoms with Crippen LogP contribution in [0.4, 0.5) is 0 Å². The van der Waals surface area contributed by atoms with Gasteiger partial charge in [0.05, 0.1) is 22.9 Å². The lowest BCUT2D eigenvalue weighted by molar-refractivity contribution is -0.120. The minimum absolute atomic E-state index is 0.0449. The second kappa shape index (κ2) is 6.66. The average molecular weight is 321 g/mol. The Bertz CT molecular complexity index is 443. The monoisotopic (exact) mass is 321 g/mol. The molecule has 2 rings (SSSR count). The zero-order valence-electron chi connectivity index (χ0n) is 11.6. The van der Waals surface area contributed by atoms with E-state index in [2.05, 4.69) is 5.32 Å². The summed E-state index contributed by atoms with van der Waals surface area (Å²) in [5.41, 5.74) is -0.741. The van der Waals surface area contributed by atoms with Crippen LogP contribution in [0.15, 0.2) is 0 Å². The number of hydrogen-bond donors (Lipinski definition) is 2. The van der Waals surface area contributed by atoms with Gasteiger partial charge in [0.25, 0.3) is 0 Å². The van der Waals surface area contributed by atoms with Gasteiger partial charge in [0.2, 0.25) is 5.91 Å². The van der Waals surface area contributed by atoms with E-state index in [1.807, 2.05) is 0 Å². The van der Waals surface area contributed by atoms with Crippen LogP contribution in [0.5, 0.6) is 0 Å². The highest BCUT2D eigenvalue weighted by atomic mass is 32.2. The van der Waals surface area contributed by atoms with Crippen molar-refractivity contribution in [3.8, 4) is 0 Å². The summed E-state index contributed by atoms with van der Waals surface area (Å²) in [6.07, 6.45) is 5.33. The maximum Gasteiger partial charge on any atom is 0.230 e. The topological polar surface area (TPSA) is 83.5 Å². The molecule has 1 atom stereocenters. The molecule has 20 heavy (non-hydrogen) atoms. The fourth-order valence-corrected chi connectivity index (χ4v) is 6.26. The summed E-state index contributed by atoms with van der Waals surface area (Å²) >= 11 is 1.41. The fourth-order valence-electron chi connectivity index (χ4n) is 2.79. The molecule has 0 aromatic carbocycles. The van der Waals surface area contributed by atoms with Crippen molar-refractivity contribution in [1.82, 2.24) is 5.32 Å². The maximum atomic E-state index is 11.8. The Balaban J connectivity index is 1.65. The number of thioether (sulfide) groups is 1. The molecule has 116 valence electrons. The SMILES string of the molecule is O=C(CSC1CCS(=O)(=O)C1)NCC1(O)CCCCC1. The van der Waals surface area contributed by atoms with Gasteiger partial charge in [0.1, 0.15) is 0 Å². The second-order valence-corrected chi connectivity index (χ2v) is 9.42. The van der Waals surface area contributed by atoms with Crippen molar-refractivity contribution >= 4 is 27.5 Å². The minimum Gasteiger partial charge on any atom is -0.388 e. The molecule has 0 bridgehead atoms. The third-order valence-electron chi connectivity index (χ3n) is 4.04. The standard InChI is InChI=1S/C13H23NO4S2/c15-12(8-19-11-4-7-20(17,18)9-11)14-10-13(16)5-2-1-3-6-13/h11,16H,1-10H2,(H,14,15). The van der Waals surface area contributed by atoms with Crippen LogP contribution in [0.1, 0.15) is 38.5 Å². The van der Waals surface area contributed by atoms with Crippen LogP contribution in [0, 0.1) is 0 Å². The molecular formula is C13H23NO4S2. The number of nitrogens with one attached hydrogen (secondary N) is 1. The van der Waals surface area contributed by atoms with E-state index in [0.717, 1.165) is 32.1 Å². The van der Waals surface area contributed by atoms with Crippen molar-refractivity contribution < 1.29 is 18.3 Å². The molecule has 1 heterocycles. The molecule has 1 aliphatic heterocycles. The average Bonchev–Trinajstić information content (AvgIpc) is 2.75. The van der Waals surface area contributed by atoms with Crippen LogP contribution < -0.4 is 5.32 Å². The Morgan fingerprint density at radius 2 is 2.00 bits per heavy atom. The van der Waals surface area contributed by atoms with Gasteiger partial charge >= 0.3 is 0 Å². The normalized spacial score (nSPS) is 28.1. The molecule has 1 saturated heterocycles. The van der Waals surface area contributed by atoms with Gasteiger partial charge in [-0.3, -0.25) is 4.79 Å².